The van der Waals surface area contributed by atoms with Crippen LogP contribution in [0.25, 0.3) is 0 Å². The van der Waals surface area contributed by atoms with E-state index in [2.05, 4.69) is 5.32 Å². The fraction of sp³-hybridized carbons (Fsp3) is 0.833. The number of hydrogen-bond donors (Lipinski definition) is 1. The van der Waals surface area contributed by atoms with Gasteiger partial charge in [-0.1, -0.05) is 6.92 Å². The van der Waals surface area contributed by atoms with Gasteiger partial charge in [0.2, 0.25) is 11.8 Å². The van der Waals surface area contributed by atoms with E-state index in [1.165, 1.54) is 0 Å². The summed E-state index contributed by atoms with van der Waals surface area (Å²) in [5.74, 6) is -0.0612. The molecule has 1 unspecified atom stereocenters. The van der Waals surface area contributed by atoms with Gasteiger partial charge in [0.1, 0.15) is 15.4 Å². The molecule has 0 aromatic heterocycles. The second kappa shape index (κ2) is 4.77. The smallest absolute Gasteiger partial charge is 0.248 e. The lowest BCUT2D eigenvalue weighted by atomic mass is 9.92. The normalized spacial score (nSPS) is 32.2. The summed E-state index contributed by atoms with van der Waals surface area (Å²) >= 11 is 0. The number of nitrogens with zero attached hydrogens (tertiary/aromatic N) is 1. The number of sulfone groups is 1. The number of carbonyl (C=O) groups excluding carboxylic acids is 2. The molecule has 0 bridgehead atoms. The molecule has 2 fully saturated rings. The first-order valence-corrected chi connectivity index (χ1v) is 8.42. The van der Waals surface area contributed by atoms with Crippen molar-refractivity contribution in [2.24, 2.45) is 0 Å². The Bertz CT molecular complexity index is 488. The molecule has 2 rings (SSSR count). The first-order chi connectivity index (χ1) is 8.77. The second-order valence-electron chi connectivity index (χ2n) is 5.55. The summed E-state index contributed by atoms with van der Waals surface area (Å²) in [6.07, 6.45) is 1.39. The Balaban J connectivity index is 2.15. The van der Waals surface area contributed by atoms with Crippen LogP contribution in [0.5, 0.6) is 0 Å². The Kier molecular flexibility index (Phi) is 3.59. The highest BCUT2D eigenvalue weighted by molar-refractivity contribution is 7.91. The van der Waals surface area contributed by atoms with E-state index < -0.39 is 15.4 Å². The lowest BCUT2D eigenvalue weighted by Gasteiger charge is -2.43. The van der Waals surface area contributed by atoms with Crippen molar-refractivity contribution in [1.82, 2.24) is 10.2 Å². The van der Waals surface area contributed by atoms with Gasteiger partial charge in [0.15, 0.2) is 0 Å². The quantitative estimate of drug-likeness (QED) is 0.755. The maximum Gasteiger partial charge on any atom is 0.248 e. The molecule has 19 heavy (non-hydrogen) atoms. The third-order valence-electron chi connectivity index (χ3n) is 4.13. The van der Waals surface area contributed by atoms with Crippen molar-refractivity contribution in [2.75, 3.05) is 18.1 Å². The summed E-state index contributed by atoms with van der Waals surface area (Å²) in [4.78, 5) is 25.8. The zero-order chi connectivity index (χ0) is 14.3. The number of nitrogens with one attached hydrogen (secondary N) is 1. The van der Waals surface area contributed by atoms with Crippen LogP contribution < -0.4 is 5.32 Å². The van der Waals surface area contributed by atoms with Crippen LogP contribution in [0.4, 0.5) is 0 Å². The highest BCUT2D eigenvalue weighted by atomic mass is 32.2. The summed E-state index contributed by atoms with van der Waals surface area (Å²) < 4.78 is 22.9. The summed E-state index contributed by atoms with van der Waals surface area (Å²) in [7, 11) is -2.96. The van der Waals surface area contributed by atoms with Crippen LogP contribution in [0.2, 0.25) is 0 Å². The predicted octanol–water partition coefficient (Wildman–Crippen LogP) is -0.309. The van der Waals surface area contributed by atoms with Crippen LogP contribution in [0, 0.1) is 0 Å². The standard InChI is InChI=1S/C12H20N2O4S/c1-3-12(2)11(16)14(8-10(15)13-12)9-4-6-19(17,18)7-5-9/h9H,3-8H2,1-2H3,(H,13,15). The van der Waals surface area contributed by atoms with Crippen LogP contribution in [-0.2, 0) is 19.4 Å². The van der Waals surface area contributed by atoms with Crippen molar-refractivity contribution in [3.05, 3.63) is 0 Å². The van der Waals surface area contributed by atoms with Crippen molar-refractivity contribution in [2.45, 2.75) is 44.7 Å². The van der Waals surface area contributed by atoms with Crippen molar-refractivity contribution in [3.63, 3.8) is 0 Å². The number of amides is 2. The van der Waals surface area contributed by atoms with Crippen molar-refractivity contribution < 1.29 is 18.0 Å². The number of rotatable bonds is 2. The number of piperazine rings is 1. The van der Waals surface area contributed by atoms with Gasteiger partial charge in [-0.3, -0.25) is 9.59 Å². The van der Waals surface area contributed by atoms with E-state index in [1.54, 1.807) is 11.8 Å². The van der Waals surface area contributed by atoms with Crippen LogP contribution >= 0.6 is 0 Å². The molecule has 0 aromatic carbocycles. The average Bonchev–Trinajstić information content (AvgIpc) is 2.34. The molecular formula is C12H20N2O4S. The lowest BCUT2D eigenvalue weighted by molar-refractivity contribution is -0.152. The van der Waals surface area contributed by atoms with Gasteiger partial charge in [-0.2, -0.15) is 0 Å². The highest BCUT2D eigenvalue weighted by Crippen LogP contribution is 2.25. The molecule has 0 radical (unpaired) electrons. The lowest BCUT2D eigenvalue weighted by Crippen LogP contribution is -2.67. The molecule has 1 N–H and O–H groups in total. The topological polar surface area (TPSA) is 83.6 Å². The van der Waals surface area contributed by atoms with Gasteiger partial charge >= 0.3 is 0 Å². The van der Waals surface area contributed by atoms with E-state index in [4.69, 9.17) is 0 Å². The minimum Gasteiger partial charge on any atom is -0.340 e. The molecule has 7 heteroatoms. The Morgan fingerprint density at radius 3 is 2.42 bits per heavy atom. The van der Waals surface area contributed by atoms with Gasteiger partial charge < -0.3 is 10.2 Å². The minimum atomic E-state index is -2.96. The summed E-state index contributed by atoms with van der Waals surface area (Å²) in [6, 6.07) is -0.132. The Morgan fingerprint density at radius 2 is 1.89 bits per heavy atom. The van der Waals surface area contributed by atoms with E-state index >= 15 is 0 Å². The van der Waals surface area contributed by atoms with E-state index in [0.29, 0.717) is 19.3 Å². The molecule has 108 valence electrons. The van der Waals surface area contributed by atoms with E-state index in [0.717, 1.165) is 0 Å². The van der Waals surface area contributed by atoms with Crippen molar-refractivity contribution in [3.8, 4) is 0 Å². The third-order valence-corrected chi connectivity index (χ3v) is 5.85. The monoisotopic (exact) mass is 288 g/mol. The maximum atomic E-state index is 12.4. The largest absolute Gasteiger partial charge is 0.340 e. The van der Waals surface area contributed by atoms with Gasteiger partial charge in [-0.05, 0) is 26.2 Å². The molecule has 2 aliphatic heterocycles. The van der Waals surface area contributed by atoms with Gasteiger partial charge in [0.05, 0.1) is 18.1 Å². The average molecular weight is 288 g/mol. The highest BCUT2D eigenvalue weighted by Gasteiger charge is 2.44. The molecule has 0 aromatic rings. The first-order valence-electron chi connectivity index (χ1n) is 6.60. The van der Waals surface area contributed by atoms with Gasteiger partial charge in [-0.15, -0.1) is 0 Å². The SMILES string of the molecule is CCC1(C)NC(=O)CN(C2CCS(=O)(=O)CC2)C1=O. The van der Waals surface area contributed by atoms with Crippen molar-refractivity contribution in [1.29, 1.82) is 0 Å². The first kappa shape index (κ1) is 14.3. The van der Waals surface area contributed by atoms with Gasteiger partial charge in [0.25, 0.3) is 0 Å². The summed E-state index contributed by atoms with van der Waals surface area (Å²) in [5.41, 5.74) is -0.856. The molecule has 2 aliphatic rings. The Morgan fingerprint density at radius 1 is 1.32 bits per heavy atom. The summed E-state index contributed by atoms with van der Waals surface area (Å²) in [6.45, 7) is 3.62. The summed E-state index contributed by atoms with van der Waals surface area (Å²) in [5, 5.41) is 2.73. The Labute approximate surface area is 113 Å². The van der Waals surface area contributed by atoms with Crippen LogP contribution in [-0.4, -0.2) is 54.8 Å². The third kappa shape index (κ3) is 2.75. The van der Waals surface area contributed by atoms with Gasteiger partial charge in [-0.25, -0.2) is 8.42 Å². The van der Waals surface area contributed by atoms with Crippen LogP contribution in [0.3, 0.4) is 0 Å². The van der Waals surface area contributed by atoms with Gasteiger partial charge in [0, 0.05) is 6.04 Å². The molecule has 1 atom stereocenters. The Hall–Kier alpha value is -1.11. The predicted molar refractivity (Wildman–Crippen MR) is 70.2 cm³/mol. The zero-order valence-electron chi connectivity index (χ0n) is 11.3. The molecule has 2 saturated heterocycles. The van der Waals surface area contributed by atoms with Crippen molar-refractivity contribution >= 4 is 21.7 Å². The fourth-order valence-corrected chi connectivity index (χ4v) is 4.13. The molecule has 6 nitrogen and oxygen atoms in total. The van der Waals surface area contributed by atoms with Crippen LogP contribution in [0.15, 0.2) is 0 Å². The molecule has 0 spiro atoms. The van der Waals surface area contributed by atoms with E-state index in [-0.39, 0.29) is 35.9 Å². The molecule has 2 amide bonds. The number of carbonyl (C=O) groups is 2. The minimum absolute atomic E-state index is 0.0408. The fourth-order valence-electron chi connectivity index (χ4n) is 2.67. The zero-order valence-corrected chi connectivity index (χ0v) is 12.1. The maximum absolute atomic E-state index is 12.4. The molecule has 0 saturated carbocycles. The van der Waals surface area contributed by atoms with Crippen LogP contribution in [0.1, 0.15) is 33.1 Å². The second-order valence-corrected chi connectivity index (χ2v) is 7.85. The number of hydrogen-bond acceptors (Lipinski definition) is 4. The molecule has 0 aliphatic carbocycles. The van der Waals surface area contributed by atoms with E-state index in [1.807, 2.05) is 6.92 Å². The molecule has 2 heterocycles. The van der Waals surface area contributed by atoms with E-state index in [9.17, 15) is 18.0 Å². The molecular weight excluding hydrogens is 268 g/mol.